The van der Waals surface area contributed by atoms with Crippen LogP contribution in [0.15, 0.2) is 0 Å². The van der Waals surface area contributed by atoms with Crippen molar-refractivity contribution in [2.45, 2.75) is 70.1 Å². The van der Waals surface area contributed by atoms with Crippen molar-refractivity contribution < 1.29 is 19.4 Å². The standard InChI is InChI=1S/C16H24N4O4/c1-14(2)15(3)10-11(16(14,4)20(24)19(15)23)13-9-7-5-6-8(9)12(10)17(21)18(13)22/h8-13H,5-7H2,1-4H3/t8-,9?,10?,11-,12?,13+,15?,16+/m0/s1. The number of fused-ring (bicyclic) bond motifs is 2. The van der Waals surface area contributed by atoms with E-state index in [0.29, 0.717) is 19.4 Å². The van der Waals surface area contributed by atoms with Crippen molar-refractivity contribution in [3.05, 3.63) is 20.8 Å². The predicted molar refractivity (Wildman–Crippen MR) is 80.5 cm³/mol. The lowest BCUT2D eigenvalue weighted by molar-refractivity contribution is -1.06. The van der Waals surface area contributed by atoms with Gasteiger partial charge >= 0.3 is 0 Å². The van der Waals surface area contributed by atoms with Gasteiger partial charge in [-0.25, -0.2) is 0 Å². The second-order valence-corrected chi connectivity index (χ2v) is 9.36. The van der Waals surface area contributed by atoms with E-state index in [-0.39, 0.29) is 23.7 Å². The van der Waals surface area contributed by atoms with Gasteiger partial charge in [-0.2, -0.15) is 0 Å². The van der Waals surface area contributed by atoms with Crippen LogP contribution in [0.5, 0.6) is 0 Å². The summed E-state index contributed by atoms with van der Waals surface area (Å²) in [4.78, 5) is 2.35. The molecule has 8 atom stereocenters. The minimum Gasteiger partial charge on any atom is -0.567 e. The molecule has 6 rings (SSSR count). The van der Waals surface area contributed by atoms with Crippen molar-refractivity contribution in [1.82, 2.24) is 0 Å². The fraction of sp³-hybridized carbons (Fsp3) is 1.00. The van der Waals surface area contributed by atoms with E-state index in [1.54, 1.807) is 0 Å². The average Bonchev–Trinajstić information content (AvgIpc) is 3.09. The maximum atomic E-state index is 12.8. The van der Waals surface area contributed by atoms with Crippen molar-refractivity contribution in [1.29, 1.82) is 0 Å². The van der Waals surface area contributed by atoms with Crippen LogP contribution in [-0.2, 0) is 0 Å². The molecule has 24 heavy (non-hydrogen) atoms. The highest BCUT2D eigenvalue weighted by atomic mass is 16.6. The first-order chi connectivity index (χ1) is 11.1. The van der Waals surface area contributed by atoms with Crippen molar-refractivity contribution in [2.24, 2.45) is 29.1 Å². The first-order valence-electron chi connectivity index (χ1n) is 8.99. The van der Waals surface area contributed by atoms with Crippen LogP contribution in [0.25, 0.3) is 0 Å². The summed E-state index contributed by atoms with van der Waals surface area (Å²) in [6, 6.07) is -0.970. The Bertz CT molecular complexity index is 678. The molecule has 0 aromatic carbocycles. The molecule has 0 aromatic rings. The minimum absolute atomic E-state index is 0.169. The molecule has 3 saturated carbocycles. The molecule has 3 aliphatic carbocycles. The van der Waals surface area contributed by atoms with Gasteiger partial charge in [0.05, 0.1) is 0 Å². The van der Waals surface area contributed by atoms with E-state index in [4.69, 9.17) is 0 Å². The number of hydroxylamine groups is 4. The number of hydrogen-bond donors (Lipinski definition) is 0. The topological polar surface area (TPSA) is 104 Å². The molecule has 4 unspecified atom stereocenters. The Kier molecular flexibility index (Phi) is 2.24. The van der Waals surface area contributed by atoms with Gasteiger partial charge in [0, 0.05) is 45.1 Å². The van der Waals surface area contributed by atoms with Crippen LogP contribution >= 0.6 is 0 Å². The maximum Gasteiger partial charge on any atom is 0.257 e. The van der Waals surface area contributed by atoms with Crippen molar-refractivity contribution in [3.63, 3.8) is 0 Å². The first-order valence-corrected chi connectivity index (χ1v) is 8.99. The molecule has 3 heterocycles. The molecule has 132 valence electrons. The summed E-state index contributed by atoms with van der Waals surface area (Å²) in [5.41, 5.74) is -2.54. The lowest BCUT2D eigenvalue weighted by atomic mass is 9.58. The number of azo groups is 2. The number of hydrogen-bond acceptors (Lipinski definition) is 4. The van der Waals surface area contributed by atoms with Crippen molar-refractivity contribution >= 4 is 0 Å². The normalized spacial score (nSPS) is 56.8. The van der Waals surface area contributed by atoms with Gasteiger partial charge in [0.2, 0.25) is 12.1 Å². The Balaban J connectivity index is 1.82. The summed E-state index contributed by atoms with van der Waals surface area (Å²) in [7, 11) is 0. The summed E-state index contributed by atoms with van der Waals surface area (Å²) in [6.45, 7) is 7.56. The smallest absolute Gasteiger partial charge is 0.257 e. The largest absolute Gasteiger partial charge is 0.567 e. The van der Waals surface area contributed by atoms with Crippen LogP contribution in [0.1, 0.15) is 47.0 Å². The number of rotatable bonds is 0. The van der Waals surface area contributed by atoms with Crippen LogP contribution in [0.4, 0.5) is 0 Å². The lowest BCUT2D eigenvalue weighted by Crippen LogP contribution is -2.71. The molecule has 0 amide bonds. The van der Waals surface area contributed by atoms with Gasteiger partial charge in [-0.1, -0.05) is 6.42 Å². The fourth-order valence-corrected chi connectivity index (χ4v) is 7.51. The van der Waals surface area contributed by atoms with E-state index in [1.165, 1.54) is 0 Å². The first kappa shape index (κ1) is 14.7. The van der Waals surface area contributed by atoms with Gasteiger partial charge in [0.15, 0.2) is 0 Å². The lowest BCUT2D eigenvalue weighted by Gasteiger charge is -2.48. The average molecular weight is 336 g/mol. The third-order valence-electron chi connectivity index (χ3n) is 9.12. The molecule has 0 N–H and O–H groups in total. The molecular formula is C16H24N4O4. The highest BCUT2D eigenvalue weighted by Crippen LogP contribution is 2.71. The molecule has 3 fully saturated rings. The van der Waals surface area contributed by atoms with E-state index >= 15 is 0 Å². The summed E-state index contributed by atoms with van der Waals surface area (Å²) in [5, 5.41) is 51.1. The van der Waals surface area contributed by atoms with Crippen molar-refractivity contribution in [3.8, 4) is 0 Å². The quantitative estimate of drug-likeness (QED) is 0.498. The monoisotopic (exact) mass is 336 g/mol. The van der Waals surface area contributed by atoms with Crippen molar-refractivity contribution in [2.75, 3.05) is 0 Å². The molecule has 8 heteroatoms. The predicted octanol–water partition coefficient (Wildman–Crippen LogP) is 1.92. The highest BCUT2D eigenvalue weighted by molar-refractivity contribution is 5.24. The minimum atomic E-state index is -0.964. The van der Waals surface area contributed by atoms with Gasteiger partial charge in [0.1, 0.15) is 17.3 Å². The second-order valence-electron chi connectivity index (χ2n) is 9.36. The Morgan fingerprint density at radius 2 is 1.08 bits per heavy atom. The Morgan fingerprint density at radius 3 is 1.46 bits per heavy atom. The van der Waals surface area contributed by atoms with Gasteiger partial charge in [-0.15, -0.1) is 0 Å². The molecular weight excluding hydrogens is 312 g/mol. The summed E-state index contributed by atoms with van der Waals surface area (Å²) in [5.74, 6) is -0.148. The zero-order valence-electron chi connectivity index (χ0n) is 14.5. The third-order valence-corrected chi connectivity index (χ3v) is 9.12. The molecule has 8 nitrogen and oxygen atoms in total. The van der Waals surface area contributed by atoms with Crippen LogP contribution in [0.3, 0.4) is 0 Å². The second kappa shape index (κ2) is 3.65. The molecule has 4 bridgehead atoms. The molecule has 3 aliphatic heterocycles. The van der Waals surface area contributed by atoms with Crippen LogP contribution in [0, 0.1) is 49.9 Å². The van der Waals surface area contributed by atoms with Gasteiger partial charge < -0.3 is 20.8 Å². The summed E-state index contributed by atoms with van der Waals surface area (Å²) >= 11 is 0. The van der Waals surface area contributed by atoms with Gasteiger partial charge in [0.25, 0.3) is 11.1 Å². The van der Waals surface area contributed by atoms with Crippen LogP contribution in [0.2, 0.25) is 0 Å². The van der Waals surface area contributed by atoms with E-state index in [2.05, 4.69) is 0 Å². The molecule has 0 aromatic heterocycles. The van der Waals surface area contributed by atoms with Gasteiger partial charge in [-0.05, 0) is 26.7 Å². The van der Waals surface area contributed by atoms with E-state index in [9.17, 15) is 20.8 Å². The van der Waals surface area contributed by atoms with Crippen LogP contribution in [-0.4, -0.2) is 42.6 Å². The maximum absolute atomic E-state index is 12.8. The Hall–Kier alpha value is -1.60. The SMILES string of the molecule is CC12C3C4[C@H]5CCCC5[C@H]([C@H]3[C@@](C)([N+]([O-])=[N+]1[O-])C2(C)C)[N+]([O-])=[N+]4[O-]. The van der Waals surface area contributed by atoms with E-state index < -0.39 is 28.6 Å². The van der Waals surface area contributed by atoms with E-state index in [0.717, 1.165) is 19.3 Å². The molecule has 0 radical (unpaired) electrons. The summed E-state index contributed by atoms with van der Waals surface area (Å²) in [6.07, 6.45) is 2.89. The summed E-state index contributed by atoms with van der Waals surface area (Å²) < 4.78 is 0. The fourth-order valence-electron chi connectivity index (χ4n) is 7.51. The highest BCUT2D eigenvalue weighted by Gasteiger charge is 2.95. The Labute approximate surface area is 140 Å². The van der Waals surface area contributed by atoms with Gasteiger partial charge in [-0.3, -0.25) is 0 Å². The third kappa shape index (κ3) is 1.03. The zero-order chi connectivity index (χ0) is 17.4. The Morgan fingerprint density at radius 1 is 0.708 bits per heavy atom. The molecule has 0 saturated heterocycles. The zero-order valence-corrected chi connectivity index (χ0v) is 14.5. The van der Waals surface area contributed by atoms with Crippen LogP contribution < -0.4 is 0 Å². The molecule has 6 aliphatic rings. The van der Waals surface area contributed by atoms with E-state index in [1.807, 2.05) is 27.7 Å². The number of nitrogens with zero attached hydrogens (tertiary/aromatic N) is 4. The molecule has 0 spiro atoms.